The first-order valence-electron chi connectivity index (χ1n) is 15.9. The Morgan fingerprint density at radius 1 is 1.16 bits per heavy atom. The zero-order valence-electron chi connectivity index (χ0n) is 26.4. The van der Waals surface area contributed by atoms with Crippen molar-refractivity contribution < 1.29 is 14.3 Å². The molecule has 0 aromatic heterocycles. The van der Waals surface area contributed by atoms with Crippen molar-refractivity contribution in [1.29, 1.82) is 0 Å². The van der Waals surface area contributed by atoms with Crippen LogP contribution in [0.4, 0.5) is 0 Å². The highest BCUT2D eigenvalue weighted by atomic mass is 127. The van der Waals surface area contributed by atoms with Crippen LogP contribution < -0.4 is 9.47 Å². The molecule has 5 rings (SSSR count). The van der Waals surface area contributed by atoms with E-state index in [4.69, 9.17) is 9.47 Å². The molecule has 0 saturated carbocycles. The third kappa shape index (κ3) is 7.62. The summed E-state index contributed by atoms with van der Waals surface area (Å²) in [4.78, 5) is 20.2. The zero-order valence-corrected chi connectivity index (χ0v) is 28.6. The third-order valence-electron chi connectivity index (χ3n) is 9.74. The predicted molar refractivity (Wildman–Crippen MR) is 186 cm³/mol. The standard InChI is InChI=1S/C37H47IN2O3/c1-24-6-8-28(9-7-24)22-40-16-13-27(14-17-40)18-31-19-30-20-35(34(42-5)21-33(30)37(31)41)43-23-29-10-11-32(36(38)26(29)3)25(2)12-15-39-4/h6,8-12,15,20-21,24,26-27,31,36H,7,13-14,16-19,22-23H2,1-5H3/b25-12-,39-15?. The molecule has 1 aromatic carbocycles. The van der Waals surface area contributed by atoms with Gasteiger partial charge in [0, 0.05) is 35.2 Å². The van der Waals surface area contributed by atoms with Gasteiger partial charge >= 0.3 is 0 Å². The number of hydrogen-bond acceptors (Lipinski definition) is 5. The van der Waals surface area contributed by atoms with E-state index in [0.717, 1.165) is 55.8 Å². The number of alkyl halides is 1. The van der Waals surface area contributed by atoms with E-state index in [1.807, 2.05) is 12.3 Å². The van der Waals surface area contributed by atoms with Gasteiger partial charge in [0.15, 0.2) is 17.3 Å². The lowest BCUT2D eigenvalue weighted by Gasteiger charge is -2.33. The first kappa shape index (κ1) is 32.0. The molecule has 0 spiro atoms. The smallest absolute Gasteiger partial charge is 0.166 e. The number of allylic oxidation sites excluding steroid dienone is 7. The molecule has 5 nitrogen and oxygen atoms in total. The SMILES string of the molecule is CN=C/C=C(/C)C1=CC=C(COc2cc3c(cc2OC)C(=O)C(CC2CCN(CC4=CCC(C)C=C4)CC2)C3)C(C)C1I. The van der Waals surface area contributed by atoms with E-state index in [9.17, 15) is 4.79 Å². The molecule has 3 aliphatic carbocycles. The van der Waals surface area contributed by atoms with Gasteiger partial charge in [0.25, 0.3) is 0 Å². The number of likely N-dealkylation sites (tertiary alicyclic amines) is 1. The number of carbonyl (C=O) groups excluding carboxylic acids is 1. The highest BCUT2D eigenvalue weighted by molar-refractivity contribution is 14.1. The van der Waals surface area contributed by atoms with Crippen molar-refractivity contribution >= 4 is 34.6 Å². The number of aliphatic imine (C=N–C) groups is 1. The summed E-state index contributed by atoms with van der Waals surface area (Å²) in [5.41, 5.74) is 7.21. The molecule has 4 unspecified atom stereocenters. The maximum Gasteiger partial charge on any atom is 0.166 e. The number of ether oxygens (including phenoxy) is 2. The van der Waals surface area contributed by atoms with E-state index in [1.165, 1.54) is 35.1 Å². The highest BCUT2D eigenvalue weighted by Gasteiger charge is 2.35. The number of ketones is 1. The number of piperidine rings is 1. The van der Waals surface area contributed by atoms with Crippen LogP contribution in [0.5, 0.6) is 11.5 Å². The van der Waals surface area contributed by atoms with Crippen molar-refractivity contribution in [3.05, 3.63) is 82.0 Å². The fourth-order valence-corrected chi connectivity index (χ4v) is 8.00. The third-order valence-corrected chi connectivity index (χ3v) is 11.5. The monoisotopic (exact) mass is 694 g/mol. The number of Topliss-reactive ketones (excluding diaryl/α,β-unsaturated/α-hetero) is 1. The molecule has 4 aliphatic rings. The summed E-state index contributed by atoms with van der Waals surface area (Å²) in [6.45, 7) is 10.5. The van der Waals surface area contributed by atoms with E-state index in [1.54, 1.807) is 14.2 Å². The van der Waals surface area contributed by atoms with Gasteiger partial charge in [-0.25, -0.2) is 0 Å². The van der Waals surface area contributed by atoms with Crippen LogP contribution in [0, 0.1) is 23.7 Å². The molecular formula is C37H47IN2O3. The molecule has 1 heterocycles. The second-order valence-electron chi connectivity index (χ2n) is 12.8. The van der Waals surface area contributed by atoms with E-state index in [2.05, 4.69) is 95.8 Å². The van der Waals surface area contributed by atoms with Gasteiger partial charge < -0.3 is 9.47 Å². The number of halogens is 1. The van der Waals surface area contributed by atoms with Crippen molar-refractivity contribution in [3.63, 3.8) is 0 Å². The largest absolute Gasteiger partial charge is 0.493 e. The molecule has 0 radical (unpaired) electrons. The lowest BCUT2D eigenvalue weighted by atomic mass is 9.85. The molecule has 1 saturated heterocycles. The lowest BCUT2D eigenvalue weighted by Crippen LogP contribution is -2.36. The summed E-state index contributed by atoms with van der Waals surface area (Å²) < 4.78 is 12.5. The predicted octanol–water partition coefficient (Wildman–Crippen LogP) is 8.01. The Morgan fingerprint density at radius 3 is 2.65 bits per heavy atom. The van der Waals surface area contributed by atoms with Crippen LogP contribution in [-0.4, -0.2) is 61.2 Å². The van der Waals surface area contributed by atoms with Crippen LogP contribution in [0.2, 0.25) is 0 Å². The van der Waals surface area contributed by atoms with Gasteiger partial charge in [0.05, 0.1) is 7.11 Å². The van der Waals surface area contributed by atoms with Crippen LogP contribution in [0.1, 0.15) is 62.4 Å². The van der Waals surface area contributed by atoms with Gasteiger partial charge in [0.1, 0.15) is 6.61 Å². The van der Waals surface area contributed by atoms with Gasteiger partial charge in [-0.05, 0) is 116 Å². The van der Waals surface area contributed by atoms with Gasteiger partial charge in [-0.15, -0.1) is 0 Å². The Labute approximate surface area is 272 Å². The second-order valence-corrected chi connectivity index (χ2v) is 14.2. The summed E-state index contributed by atoms with van der Waals surface area (Å²) >= 11 is 2.54. The molecule has 1 aliphatic heterocycles. The number of carbonyl (C=O) groups is 1. The van der Waals surface area contributed by atoms with Gasteiger partial charge in [0.2, 0.25) is 0 Å². The second kappa shape index (κ2) is 14.6. The Morgan fingerprint density at radius 2 is 1.95 bits per heavy atom. The number of nitrogens with zero attached hydrogens (tertiary/aromatic N) is 2. The van der Waals surface area contributed by atoms with E-state index in [0.29, 0.717) is 34.0 Å². The molecule has 6 heteroatoms. The van der Waals surface area contributed by atoms with Gasteiger partial charge in [-0.1, -0.05) is 66.8 Å². The van der Waals surface area contributed by atoms with Crippen molar-refractivity contribution in [2.45, 2.75) is 56.8 Å². The van der Waals surface area contributed by atoms with Crippen LogP contribution in [0.15, 0.2) is 75.9 Å². The Balaban J connectivity index is 1.18. The zero-order chi connectivity index (χ0) is 30.5. The minimum Gasteiger partial charge on any atom is -0.493 e. The molecule has 1 aromatic rings. The van der Waals surface area contributed by atoms with Gasteiger partial charge in [-0.3, -0.25) is 14.7 Å². The van der Waals surface area contributed by atoms with Gasteiger partial charge in [-0.2, -0.15) is 0 Å². The summed E-state index contributed by atoms with van der Waals surface area (Å²) in [6.07, 6.45) is 20.7. The van der Waals surface area contributed by atoms with Crippen molar-refractivity contribution in [2.75, 3.05) is 40.4 Å². The summed E-state index contributed by atoms with van der Waals surface area (Å²) in [5, 5.41) is 0. The molecule has 0 bridgehead atoms. The maximum absolute atomic E-state index is 13.5. The highest BCUT2D eigenvalue weighted by Crippen LogP contribution is 2.41. The molecule has 230 valence electrons. The fourth-order valence-electron chi connectivity index (χ4n) is 6.84. The number of rotatable bonds is 10. The van der Waals surface area contributed by atoms with Crippen molar-refractivity contribution in [2.24, 2.45) is 28.7 Å². The topological polar surface area (TPSA) is 51.1 Å². The normalized spacial score (nSPS) is 26.8. The quantitative estimate of drug-likeness (QED) is 0.142. The summed E-state index contributed by atoms with van der Waals surface area (Å²) in [7, 11) is 3.45. The minimum atomic E-state index is 0.0652. The van der Waals surface area contributed by atoms with Crippen LogP contribution in [-0.2, 0) is 6.42 Å². The number of benzene rings is 1. The molecule has 1 fully saturated rings. The van der Waals surface area contributed by atoms with E-state index < -0.39 is 0 Å². The maximum atomic E-state index is 13.5. The van der Waals surface area contributed by atoms with Crippen LogP contribution in [0.25, 0.3) is 0 Å². The summed E-state index contributed by atoms with van der Waals surface area (Å²) in [6, 6.07) is 3.98. The number of methoxy groups -OCH3 is 1. The Hall–Kier alpha value is -2.45. The van der Waals surface area contributed by atoms with Crippen LogP contribution >= 0.6 is 22.6 Å². The Bertz CT molecular complexity index is 1380. The van der Waals surface area contributed by atoms with Crippen LogP contribution in [0.3, 0.4) is 0 Å². The molecule has 0 amide bonds. The average molecular weight is 695 g/mol. The minimum absolute atomic E-state index is 0.0652. The first-order chi connectivity index (χ1) is 20.8. The number of hydrogen-bond donors (Lipinski definition) is 0. The lowest BCUT2D eigenvalue weighted by molar-refractivity contribution is 0.0900. The average Bonchev–Trinajstić information content (AvgIpc) is 3.31. The van der Waals surface area contributed by atoms with Crippen molar-refractivity contribution in [3.8, 4) is 11.5 Å². The summed E-state index contributed by atoms with van der Waals surface area (Å²) in [5.74, 6) is 3.34. The Kier molecular flexibility index (Phi) is 10.8. The molecular weight excluding hydrogens is 647 g/mol. The molecule has 4 atom stereocenters. The first-order valence-corrected chi connectivity index (χ1v) is 17.1. The molecule has 0 N–H and O–H groups in total. The fraction of sp³-hybridized carbons (Fsp3) is 0.514. The van der Waals surface area contributed by atoms with Crippen molar-refractivity contribution in [1.82, 2.24) is 4.90 Å². The number of fused-ring (bicyclic) bond motifs is 1. The van der Waals surface area contributed by atoms with E-state index in [-0.39, 0.29) is 11.7 Å². The van der Waals surface area contributed by atoms with E-state index >= 15 is 0 Å². The molecule has 43 heavy (non-hydrogen) atoms.